The van der Waals surface area contributed by atoms with E-state index in [9.17, 15) is 9.18 Å². The fourth-order valence-electron chi connectivity index (χ4n) is 2.51. The molecule has 3 aromatic rings. The molecule has 0 aliphatic rings. The SMILES string of the molecule is CC(C)Cn1c(SCc2ccc(F)cc2)nc2ccccc2c1=O. The first kappa shape index (κ1) is 16.7. The Labute approximate surface area is 144 Å². The molecule has 0 atom stereocenters. The van der Waals surface area contributed by atoms with E-state index in [1.54, 1.807) is 16.7 Å². The second kappa shape index (κ2) is 7.18. The number of aromatic nitrogens is 2. The number of rotatable bonds is 5. The van der Waals surface area contributed by atoms with Crippen molar-refractivity contribution in [3.8, 4) is 0 Å². The molecular formula is C19H19FN2OS. The first-order chi connectivity index (χ1) is 11.5. The monoisotopic (exact) mass is 342 g/mol. The lowest BCUT2D eigenvalue weighted by Gasteiger charge is -2.15. The van der Waals surface area contributed by atoms with E-state index in [4.69, 9.17) is 0 Å². The Morgan fingerprint density at radius 2 is 1.83 bits per heavy atom. The molecule has 0 N–H and O–H groups in total. The van der Waals surface area contributed by atoms with E-state index in [0.29, 0.717) is 34.3 Å². The van der Waals surface area contributed by atoms with Crippen LogP contribution in [0, 0.1) is 11.7 Å². The summed E-state index contributed by atoms with van der Waals surface area (Å²) in [5.74, 6) is 0.739. The van der Waals surface area contributed by atoms with Crippen LogP contribution in [-0.4, -0.2) is 9.55 Å². The highest BCUT2D eigenvalue weighted by molar-refractivity contribution is 7.98. The van der Waals surface area contributed by atoms with E-state index >= 15 is 0 Å². The molecular weight excluding hydrogens is 323 g/mol. The van der Waals surface area contributed by atoms with Gasteiger partial charge in [-0.1, -0.05) is 49.9 Å². The van der Waals surface area contributed by atoms with Gasteiger partial charge in [0, 0.05) is 12.3 Å². The van der Waals surface area contributed by atoms with Gasteiger partial charge in [-0.2, -0.15) is 0 Å². The number of halogens is 1. The van der Waals surface area contributed by atoms with Crippen LogP contribution in [0.5, 0.6) is 0 Å². The Morgan fingerprint density at radius 1 is 1.12 bits per heavy atom. The van der Waals surface area contributed by atoms with Crippen LogP contribution in [0.1, 0.15) is 19.4 Å². The molecule has 3 rings (SSSR count). The molecule has 0 fully saturated rings. The van der Waals surface area contributed by atoms with Crippen molar-refractivity contribution in [3.63, 3.8) is 0 Å². The van der Waals surface area contributed by atoms with Gasteiger partial charge in [0.2, 0.25) is 0 Å². The molecule has 3 nitrogen and oxygen atoms in total. The fourth-order valence-corrected chi connectivity index (χ4v) is 3.48. The lowest BCUT2D eigenvalue weighted by molar-refractivity contribution is 0.475. The van der Waals surface area contributed by atoms with Crippen LogP contribution in [0.2, 0.25) is 0 Å². The van der Waals surface area contributed by atoms with E-state index in [0.717, 1.165) is 5.56 Å². The third kappa shape index (κ3) is 3.67. The van der Waals surface area contributed by atoms with Crippen LogP contribution in [0.4, 0.5) is 4.39 Å². The largest absolute Gasteiger partial charge is 0.287 e. The molecule has 0 aliphatic carbocycles. The van der Waals surface area contributed by atoms with Gasteiger partial charge in [-0.15, -0.1) is 0 Å². The summed E-state index contributed by atoms with van der Waals surface area (Å²) < 4.78 is 14.8. The van der Waals surface area contributed by atoms with E-state index < -0.39 is 0 Å². The molecule has 0 saturated carbocycles. The van der Waals surface area contributed by atoms with Crippen molar-refractivity contribution >= 4 is 22.7 Å². The van der Waals surface area contributed by atoms with Crippen LogP contribution in [-0.2, 0) is 12.3 Å². The summed E-state index contributed by atoms with van der Waals surface area (Å²) >= 11 is 1.51. The first-order valence-electron chi connectivity index (χ1n) is 7.91. The molecule has 124 valence electrons. The van der Waals surface area contributed by atoms with Crippen molar-refractivity contribution in [1.82, 2.24) is 9.55 Å². The smallest absolute Gasteiger partial charge is 0.262 e. The number of nitrogens with zero attached hydrogens (tertiary/aromatic N) is 2. The topological polar surface area (TPSA) is 34.9 Å². The van der Waals surface area contributed by atoms with E-state index in [1.165, 1.54) is 23.9 Å². The van der Waals surface area contributed by atoms with Gasteiger partial charge in [-0.3, -0.25) is 9.36 Å². The highest BCUT2D eigenvalue weighted by Gasteiger charge is 2.12. The average molecular weight is 342 g/mol. The van der Waals surface area contributed by atoms with Crippen LogP contribution in [0.25, 0.3) is 10.9 Å². The van der Waals surface area contributed by atoms with Crippen molar-refractivity contribution in [2.45, 2.75) is 31.3 Å². The van der Waals surface area contributed by atoms with Gasteiger partial charge in [-0.25, -0.2) is 9.37 Å². The number of para-hydroxylation sites is 1. The lowest BCUT2D eigenvalue weighted by atomic mass is 10.2. The Bertz CT molecular complexity index is 903. The predicted octanol–water partition coefficient (Wildman–Crippen LogP) is 4.48. The summed E-state index contributed by atoms with van der Waals surface area (Å²) in [5, 5.41) is 1.35. The third-order valence-corrected chi connectivity index (χ3v) is 4.70. The van der Waals surface area contributed by atoms with Gasteiger partial charge < -0.3 is 0 Å². The van der Waals surface area contributed by atoms with Crippen molar-refractivity contribution in [2.75, 3.05) is 0 Å². The van der Waals surface area contributed by atoms with Gasteiger partial charge in [0.25, 0.3) is 5.56 Å². The Morgan fingerprint density at radius 3 is 2.54 bits per heavy atom. The summed E-state index contributed by atoms with van der Waals surface area (Å²) in [5.41, 5.74) is 1.71. The summed E-state index contributed by atoms with van der Waals surface area (Å²) in [6, 6.07) is 13.8. The zero-order chi connectivity index (χ0) is 17.1. The number of thioether (sulfide) groups is 1. The van der Waals surface area contributed by atoms with Gasteiger partial charge in [0.1, 0.15) is 5.82 Å². The summed E-state index contributed by atoms with van der Waals surface area (Å²) in [4.78, 5) is 17.5. The number of fused-ring (bicyclic) bond motifs is 1. The van der Waals surface area contributed by atoms with Gasteiger partial charge >= 0.3 is 0 Å². The summed E-state index contributed by atoms with van der Waals surface area (Å²) in [6.07, 6.45) is 0. The van der Waals surface area contributed by atoms with E-state index in [1.807, 2.05) is 24.3 Å². The van der Waals surface area contributed by atoms with Gasteiger partial charge in [0.15, 0.2) is 5.16 Å². The van der Waals surface area contributed by atoms with Crippen molar-refractivity contribution in [1.29, 1.82) is 0 Å². The van der Waals surface area contributed by atoms with Crippen LogP contribution >= 0.6 is 11.8 Å². The molecule has 1 heterocycles. The Hall–Kier alpha value is -2.14. The maximum absolute atomic E-state index is 13.0. The normalized spacial score (nSPS) is 11.3. The molecule has 24 heavy (non-hydrogen) atoms. The second-order valence-corrected chi connectivity index (χ2v) is 7.08. The molecule has 0 saturated heterocycles. The minimum atomic E-state index is -0.246. The minimum Gasteiger partial charge on any atom is -0.287 e. The van der Waals surface area contributed by atoms with Crippen molar-refractivity contribution in [2.24, 2.45) is 5.92 Å². The van der Waals surface area contributed by atoms with Crippen LogP contribution in [0.15, 0.2) is 58.5 Å². The molecule has 0 unspecified atom stereocenters. The number of hydrogen-bond acceptors (Lipinski definition) is 3. The molecule has 0 spiro atoms. The van der Waals surface area contributed by atoms with E-state index in [-0.39, 0.29) is 11.4 Å². The Kier molecular flexibility index (Phi) is 5.00. The van der Waals surface area contributed by atoms with E-state index in [2.05, 4.69) is 18.8 Å². The highest BCUT2D eigenvalue weighted by Crippen LogP contribution is 2.23. The quantitative estimate of drug-likeness (QED) is 0.506. The summed E-state index contributed by atoms with van der Waals surface area (Å²) in [7, 11) is 0. The van der Waals surface area contributed by atoms with Gasteiger partial charge in [0.05, 0.1) is 10.9 Å². The predicted molar refractivity (Wildman–Crippen MR) is 96.8 cm³/mol. The zero-order valence-corrected chi connectivity index (χ0v) is 14.5. The zero-order valence-electron chi connectivity index (χ0n) is 13.7. The molecule has 0 aliphatic heterocycles. The molecule has 5 heteroatoms. The minimum absolute atomic E-state index is 0.00379. The molecule has 0 amide bonds. The second-order valence-electron chi connectivity index (χ2n) is 6.14. The van der Waals surface area contributed by atoms with Crippen molar-refractivity contribution < 1.29 is 4.39 Å². The maximum Gasteiger partial charge on any atom is 0.262 e. The van der Waals surface area contributed by atoms with Crippen LogP contribution in [0.3, 0.4) is 0 Å². The number of hydrogen-bond donors (Lipinski definition) is 0. The maximum atomic E-state index is 13.0. The molecule has 0 bridgehead atoms. The third-order valence-electron chi connectivity index (χ3n) is 3.66. The molecule has 2 aromatic carbocycles. The van der Waals surface area contributed by atoms with Crippen LogP contribution < -0.4 is 5.56 Å². The molecule has 0 radical (unpaired) electrons. The summed E-state index contributed by atoms with van der Waals surface area (Å²) in [6.45, 7) is 4.79. The Balaban J connectivity index is 1.98. The molecule has 1 aromatic heterocycles. The average Bonchev–Trinajstić information content (AvgIpc) is 2.57. The highest BCUT2D eigenvalue weighted by atomic mass is 32.2. The lowest BCUT2D eigenvalue weighted by Crippen LogP contribution is -2.25. The fraction of sp³-hybridized carbons (Fsp3) is 0.263. The van der Waals surface area contributed by atoms with Crippen molar-refractivity contribution in [3.05, 3.63) is 70.3 Å². The first-order valence-corrected chi connectivity index (χ1v) is 8.90. The van der Waals surface area contributed by atoms with Gasteiger partial charge in [-0.05, 0) is 35.7 Å². The standard InChI is InChI=1S/C19H19FN2OS/c1-13(2)11-22-18(23)16-5-3-4-6-17(16)21-19(22)24-12-14-7-9-15(20)10-8-14/h3-10,13H,11-12H2,1-2H3. The number of benzene rings is 2.